The lowest BCUT2D eigenvalue weighted by Crippen LogP contribution is -2.11. The molecular formula is C14H22FNO2. The van der Waals surface area contributed by atoms with Gasteiger partial charge in [0.25, 0.3) is 0 Å². The van der Waals surface area contributed by atoms with E-state index in [-0.39, 0.29) is 12.4 Å². The van der Waals surface area contributed by atoms with Gasteiger partial charge in [-0.3, -0.25) is 0 Å². The Morgan fingerprint density at radius 3 is 2.67 bits per heavy atom. The largest absolute Gasteiger partial charge is 0.491 e. The molecule has 102 valence electrons. The minimum atomic E-state index is -0.323. The number of benzene rings is 1. The van der Waals surface area contributed by atoms with Gasteiger partial charge < -0.3 is 15.2 Å². The Hall–Kier alpha value is -1.13. The summed E-state index contributed by atoms with van der Waals surface area (Å²) >= 11 is 0. The smallest absolute Gasteiger partial charge is 0.131 e. The summed E-state index contributed by atoms with van der Waals surface area (Å²) in [5.74, 6) is 0.818. The Labute approximate surface area is 108 Å². The van der Waals surface area contributed by atoms with Gasteiger partial charge in [0.1, 0.15) is 18.2 Å². The van der Waals surface area contributed by atoms with Crippen molar-refractivity contribution in [2.45, 2.75) is 26.8 Å². The zero-order valence-corrected chi connectivity index (χ0v) is 11.1. The summed E-state index contributed by atoms with van der Waals surface area (Å²) in [6.45, 7) is 6.09. The van der Waals surface area contributed by atoms with Crippen LogP contribution in [0.15, 0.2) is 18.2 Å². The maximum Gasteiger partial charge on any atom is 0.131 e. The molecule has 0 saturated carbocycles. The average Bonchev–Trinajstić information content (AvgIpc) is 2.33. The standard InChI is InChI=1S/C14H22FNO2/c1-11(2)6-7-17-8-9-18-14-5-3-4-13(15)12(14)10-16/h3-5,11H,6-10,16H2,1-2H3. The Balaban J connectivity index is 2.29. The normalized spacial score (nSPS) is 10.9. The zero-order valence-electron chi connectivity index (χ0n) is 11.1. The molecule has 0 bridgehead atoms. The fourth-order valence-electron chi connectivity index (χ4n) is 1.50. The van der Waals surface area contributed by atoms with Crippen LogP contribution in [0.5, 0.6) is 5.75 Å². The highest BCUT2D eigenvalue weighted by atomic mass is 19.1. The third-order valence-corrected chi connectivity index (χ3v) is 2.60. The van der Waals surface area contributed by atoms with Crippen LogP contribution in [0.25, 0.3) is 0 Å². The lowest BCUT2D eigenvalue weighted by atomic mass is 10.1. The quantitative estimate of drug-likeness (QED) is 0.726. The summed E-state index contributed by atoms with van der Waals surface area (Å²) in [6.07, 6.45) is 1.04. The summed E-state index contributed by atoms with van der Waals surface area (Å²) in [5.41, 5.74) is 5.90. The van der Waals surface area contributed by atoms with Crippen LogP contribution in [0.4, 0.5) is 4.39 Å². The summed E-state index contributed by atoms with van der Waals surface area (Å²) < 4.78 is 24.3. The van der Waals surface area contributed by atoms with Crippen molar-refractivity contribution in [3.63, 3.8) is 0 Å². The predicted molar refractivity (Wildman–Crippen MR) is 70.1 cm³/mol. The van der Waals surface area contributed by atoms with Gasteiger partial charge in [-0.25, -0.2) is 4.39 Å². The molecule has 0 aromatic heterocycles. The summed E-state index contributed by atoms with van der Waals surface area (Å²) in [5, 5.41) is 0. The molecule has 1 rings (SSSR count). The summed E-state index contributed by atoms with van der Waals surface area (Å²) in [7, 11) is 0. The van der Waals surface area contributed by atoms with Crippen molar-refractivity contribution < 1.29 is 13.9 Å². The van der Waals surface area contributed by atoms with Crippen LogP contribution in [-0.2, 0) is 11.3 Å². The molecule has 0 atom stereocenters. The molecule has 2 N–H and O–H groups in total. The fourth-order valence-corrected chi connectivity index (χ4v) is 1.50. The Morgan fingerprint density at radius 2 is 2.00 bits per heavy atom. The van der Waals surface area contributed by atoms with Crippen molar-refractivity contribution >= 4 is 0 Å². The second kappa shape index (κ2) is 8.06. The second-order valence-corrected chi connectivity index (χ2v) is 4.56. The van der Waals surface area contributed by atoms with Gasteiger partial charge >= 0.3 is 0 Å². The monoisotopic (exact) mass is 255 g/mol. The highest BCUT2D eigenvalue weighted by Gasteiger charge is 2.07. The number of nitrogens with two attached hydrogens (primary N) is 1. The van der Waals surface area contributed by atoms with Gasteiger partial charge in [-0.1, -0.05) is 19.9 Å². The molecule has 1 aromatic rings. The van der Waals surface area contributed by atoms with Crippen molar-refractivity contribution in [3.05, 3.63) is 29.6 Å². The van der Waals surface area contributed by atoms with Crippen LogP contribution in [0.2, 0.25) is 0 Å². The number of rotatable bonds is 8. The molecule has 0 radical (unpaired) electrons. The van der Waals surface area contributed by atoms with E-state index in [0.717, 1.165) is 13.0 Å². The first kappa shape index (κ1) is 14.9. The molecule has 0 unspecified atom stereocenters. The molecular weight excluding hydrogens is 233 g/mol. The van der Waals surface area contributed by atoms with E-state index < -0.39 is 0 Å². The molecule has 0 heterocycles. The first-order valence-corrected chi connectivity index (χ1v) is 6.33. The summed E-state index contributed by atoms with van der Waals surface area (Å²) in [6, 6.07) is 4.72. The number of hydrogen-bond donors (Lipinski definition) is 1. The highest BCUT2D eigenvalue weighted by Crippen LogP contribution is 2.20. The average molecular weight is 255 g/mol. The zero-order chi connectivity index (χ0) is 13.4. The predicted octanol–water partition coefficient (Wildman–Crippen LogP) is 2.73. The molecule has 0 spiro atoms. The van der Waals surface area contributed by atoms with Gasteiger partial charge in [-0.15, -0.1) is 0 Å². The van der Waals surface area contributed by atoms with Crippen LogP contribution >= 0.6 is 0 Å². The van der Waals surface area contributed by atoms with Crippen molar-refractivity contribution in [1.29, 1.82) is 0 Å². The van der Waals surface area contributed by atoms with E-state index in [1.54, 1.807) is 12.1 Å². The molecule has 18 heavy (non-hydrogen) atoms. The molecule has 0 amide bonds. The lowest BCUT2D eigenvalue weighted by Gasteiger charge is -2.11. The van der Waals surface area contributed by atoms with Crippen molar-refractivity contribution in [1.82, 2.24) is 0 Å². The van der Waals surface area contributed by atoms with E-state index in [9.17, 15) is 4.39 Å². The topological polar surface area (TPSA) is 44.5 Å². The van der Waals surface area contributed by atoms with Crippen molar-refractivity contribution in [3.8, 4) is 5.75 Å². The van der Waals surface area contributed by atoms with Gasteiger partial charge in [0.2, 0.25) is 0 Å². The molecule has 0 aliphatic carbocycles. The van der Waals surface area contributed by atoms with E-state index in [2.05, 4.69) is 13.8 Å². The van der Waals surface area contributed by atoms with Crippen LogP contribution in [0.1, 0.15) is 25.8 Å². The van der Waals surface area contributed by atoms with Gasteiger partial charge in [0, 0.05) is 18.7 Å². The number of ether oxygens (including phenoxy) is 2. The fraction of sp³-hybridized carbons (Fsp3) is 0.571. The van der Waals surface area contributed by atoms with Gasteiger partial charge in [-0.2, -0.15) is 0 Å². The first-order chi connectivity index (χ1) is 8.65. The molecule has 1 aromatic carbocycles. The highest BCUT2D eigenvalue weighted by molar-refractivity contribution is 5.34. The molecule has 4 heteroatoms. The van der Waals surface area contributed by atoms with E-state index >= 15 is 0 Å². The Morgan fingerprint density at radius 1 is 1.22 bits per heavy atom. The molecule has 0 aliphatic heterocycles. The van der Waals surface area contributed by atoms with Crippen LogP contribution in [0, 0.1) is 11.7 Å². The van der Waals surface area contributed by atoms with E-state index in [1.807, 2.05) is 0 Å². The summed E-state index contributed by atoms with van der Waals surface area (Å²) in [4.78, 5) is 0. The van der Waals surface area contributed by atoms with Gasteiger partial charge in [0.05, 0.1) is 6.61 Å². The van der Waals surface area contributed by atoms with Crippen molar-refractivity contribution in [2.24, 2.45) is 11.7 Å². The SMILES string of the molecule is CC(C)CCOCCOc1cccc(F)c1CN. The third-order valence-electron chi connectivity index (χ3n) is 2.60. The van der Waals surface area contributed by atoms with Gasteiger partial charge in [0.15, 0.2) is 0 Å². The number of hydrogen-bond acceptors (Lipinski definition) is 3. The minimum absolute atomic E-state index is 0.135. The lowest BCUT2D eigenvalue weighted by molar-refractivity contribution is 0.0921. The Kier molecular flexibility index (Phi) is 6.68. The molecule has 0 aliphatic rings. The van der Waals surface area contributed by atoms with E-state index in [1.165, 1.54) is 6.07 Å². The number of halogens is 1. The first-order valence-electron chi connectivity index (χ1n) is 6.33. The van der Waals surface area contributed by atoms with E-state index in [4.69, 9.17) is 15.2 Å². The third kappa shape index (κ3) is 5.02. The second-order valence-electron chi connectivity index (χ2n) is 4.56. The van der Waals surface area contributed by atoms with Crippen molar-refractivity contribution in [2.75, 3.05) is 19.8 Å². The maximum absolute atomic E-state index is 13.4. The molecule has 0 saturated heterocycles. The van der Waals surface area contributed by atoms with Crippen LogP contribution in [-0.4, -0.2) is 19.8 Å². The van der Waals surface area contributed by atoms with Gasteiger partial charge in [-0.05, 0) is 24.5 Å². The van der Waals surface area contributed by atoms with Crippen LogP contribution < -0.4 is 10.5 Å². The maximum atomic E-state index is 13.4. The molecule has 3 nitrogen and oxygen atoms in total. The Bertz CT molecular complexity index is 356. The van der Waals surface area contributed by atoms with E-state index in [0.29, 0.717) is 30.4 Å². The molecule has 0 fully saturated rings. The minimum Gasteiger partial charge on any atom is -0.491 e. The van der Waals surface area contributed by atoms with Crippen LogP contribution in [0.3, 0.4) is 0 Å².